The van der Waals surface area contributed by atoms with Gasteiger partial charge in [-0.3, -0.25) is 4.79 Å². The highest BCUT2D eigenvalue weighted by Gasteiger charge is 2.30. The number of para-hydroxylation sites is 1. The molecule has 0 aliphatic carbocycles. The summed E-state index contributed by atoms with van der Waals surface area (Å²) < 4.78 is 36.0. The molecule has 0 bridgehead atoms. The van der Waals surface area contributed by atoms with Crippen molar-refractivity contribution in [3.05, 3.63) is 42.5 Å². The standard InChI is InChI=1S/C20H23N5O3S3/c1-29-17-7-3-2-5-15(17)21-19(26)9-10-24-11-13-25(14-12-24)31(27,28)18-8-4-6-16-20(18)23-30-22-16/h2-8H,9-14H2,1H3,(H,21,26). The van der Waals surface area contributed by atoms with Crippen LogP contribution >= 0.6 is 23.5 Å². The summed E-state index contributed by atoms with van der Waals surface area (Å²) in [5, 5.41) is 2.97. The number of nitrogens with one attached hydrogen (secondary N) is 1. The molecule has 1 aliphatic heterocycles. The lowest BCUT2D eigenvalue weighted by atomic mass is 10.3. The topological polar surface area (TPSA) is 95.5 Å². The van der Waals surface area contributed by atoms with E-state index in [1.165, 1.54) is 4.31 Å². The summed E-state index contributed by atoms with van der Waals surface area (Å²) in [6.07, 6.45) is 2.34. The molecular formula is C20H23N5O3S3. The number of piperazine rings is 1. The van der Waals surface area contributed by atoms with Crippen LogP contribution in [0.2, 0.25) is 0 Å². The van der Waals surface area contributed by atoms with E-state index >= 15 is 0 Å². The number of nitrogens with zero attached hydrogens (tertiary/aromatic N) is 4. The van der Waals surface area contributed by atoms with Crippen molar-refractivity contribution in [2.75, 3.05) is 44.3 Å². The molecule has 1 aliphatic rings. The van der Waals surface area contributed by atoms with Crippen LogP contribution in [0.1, 0.15) is 6.42 Å². The Bertz CT molecular complexity index is 1170. The van der Waals surface area contributed by atoms with Gasteiger partial charge in [-0.2, -0.15) is 13.1 Å². The fourth-order valence-corrected chi connectivity index (χ4v) is 6.27. The van der Waals surface area contributed by atoms with E-state index in [-0.39, 0.29) is 10.8 Å². The smallest absolute Gasteiger partial charge is 0.245 e. The van der Waals surface area contributed by atoms with Gasteiger partial charge in [-0.05, 0) is 30.5 Å². The Kier molecular flexibility index (Phi) is 6.87. The number of hydrogen-bond donors (Lipinski definition) is 1. The average molecular weight is 478 g/mol. The van der Waals surface area contributed by atoms with Crippen LogP contribution in [0.4, 0.5) is 5.69 Å². The van der Waals surface area contributed by atoms with E-state index in [1.807, 2.05) is 30.5 Å². The molecular weight excluding hydrogens is 454 g/mol. The first-order chi connectivity index (χ1) is 15.0. The van der Waals surface area contributed by atoms with Gasteiger partial charge in [-0.15, -0.1) is 11.8 Å². The Morgan fingerprint density at radius 2 is 1.87 bits per heavy atom. The van der Waals surface area contributed by atoms with Crippen LogP contribution in [0.3, 0.4) is 0 Å². The molecule has 164 valence electrons. The van der Waals surface area contributed by atoms with Crippen LogP contribution in [-0.4, -0.2) is 71.3 Å². The van der Waals surface area contributed by atoms with E-state index in [1.54, 1.807) is 30.0 Å². The second kappa shape index (κ2) is 9.61. The van der Waals surface area contributed by atoms with Crippen molar-refractivity contribution >= 4 is 56.1 Å². The summed E-state index contributed by atoms with van der Waals surface area (Å²) in [4.78, 5) is 15.7. The number of fused-ring (bicyclic) bond motifs is 1. The summed E-state index contributed by atoms with van der Waals surface area (Å²) >= 11 is 2.60. The normalized spacial score (nSPS) is 15.9. The highest BCUT2D eigenvalue weighted by Crippen LogP contribution is 2.26. The fraction of sp³-hybridized carbons (Fsp3) is 0.350. The molecule has 4 rings (SSSR count). The first-order valence-corrected chi connectivity index (χ1v) is 13.3. The number of carbonyl (C=O) groups is 1. The maximum absolute atomic E-state index is 13.1. The second-order valence-electron chi connectivity index (χ2n) is 7.13. The number of aromatic nitrogens is 2. The third kappa shape index (κ3) is 4.90. The molecule has 1 N–H and O–H groups in total. The molecule has 0 radical (unpaired) electrons. The zero-order valence-electron chi connectivity index (χ0n) is 17.0. The molecule has 1 aromatic heterocycles. The molecule has 2 aromatic carbocycles. The minimum Gasteiger partial charge on any atom is -0.325 e. The van der Waals surface area contributed by atoms with Crippen molar-refractivity contribution in [1.29, 1.82) is 0 Å². The van der Waals surface area contributed by atoms with Gasteiger partial charge in [-0.25, -0.2) is 8.42 Å². The van der Waals surface area contributed by atoms with Gasteiger partial charge in [0.2, 0.25) is 15.9 Å². The lowest BCUT2D eigenvalue weighted by Gasteiger charge is -2.33. The molecule has 1 saturated heterocycles. The van der Waals surface area contributed by atoms with E-state index in [0.29, 0.717) is 50.2 Å². The molecule has 11 heteroatoms. The Balaban J connectivity index is 1.31. The third-order valence-corrected chi connectivity index (χ3v) is 8.50. The van der Waals surface area contributed by atoms with E-state index in [9.17, 15) is 13.2 Å². The summed E-state index contributed by atoms with van der Waals surface area (Å²) in [7, 11) is -3.63. The second-order valence-corrected chi connectivity index (χ2v) is 10.4. The molecule has 0 saturated carbocycles. The molecule has 3 aromatic rings. The van der Waals surface area contributed by atoms with Gasteiger partial charge < -0.3 is 10.2 Å². The lowest BCUT2D eigenvalue weighted by Crippen LogP contribution is -2.49. The van der Waals surface area contributed by atoms with Gasteiger partial charge >= 0.3 is 0 Å². The van der Waals surface area contributed by atoms with Crippen molar-refractivity contribution in [1.82, 2.24) is 18.0 Å². The number of anilines is 1. The van der Waals surface area contributed by atoms with E-state index in [0.717, 1.165) is 22.3 Å². The van der Waals surface area contributed by atoms with Crippen molar-refractivity contribution in [3.8, 4) is 0 Å². The first kappa shape index (κ1) is 22.2. The van der Waals surface area contributed by atoms with Crippen molar-refractivity contribution in [2.24, 2.45) is 0 Å². The van der Waals surface area contributed by atoms with Crippen LogP contribution in [0.15, 0.2) is 52.3 Å². The zero-order valence-corrected chi connectivity index (χ0v) is 19.5. The molecule has 0 unspecified atom stereocenters. The van der Waals surface area contributed by atoms with Gasteiger partial charge in [0.05, 0.1) is 17.4 Å². The highest BCUT2D eigenvalue weighted by atomic mass is 32.2. The summed E-state index contributed by atoms with van der Waals surface area (Å²) in [5.41, 5.74) is 1.84. The summed E-state index contributed by atoms with van der Waals surface area (Å²) in [6.45, 7) is 2.52. The largest absolute Gasteiger partial charge is 0.325 e. The Morgan fingerprint density at radius 3 is 2.65 bits per heavy atom. The third-order valence-electron chi connectivity index (χ3n) is 5.23. The Hall–Kier alpha value is -2.05. The van der Waals surface area contributed by atoms with E-state index in [2.05, 4.69) is 19.0 Å². The van der Waals surface area contributed by atoms with Crippen LogP contribution in [0.25, 0.3) is 11.0 Å². The molecule has 1 fully saturated rings. The van der Waals surface area contributed by atoms with E-state index < -0.39 is 10.0 Å². The molecule has 2 heterocycles. The molecule has 0 spiro atoms. The van der Waals surface area contributed by atoms with Crippen molar-refractivity contribution in [3.63, 3.8) is 0 Å². The molecule has 31 heavy (non-hydrogen) atoms. The van der Waals surface area contributed by atoms with Crippen LogP contribution in [0, 0.1) is 0 Å². The number of carbonyl (C=O) groups excluding carboxylic acids is 1. The van der Waals surface area contributed by atoms with Gasteiger partial charge in [0.25, 0.3) is 0 Å². The maximum Gasteiger partial charge on any atom is 0.245 e. The molecule has 1 amide bonds. The van der Waals surface area contributed by atoms with Gasteiger partial charge in [0.15, 0.2) is 0 Å². The number of rotatable bonds is 7. The Morgan fingerprint density at radius 1 is 1.10 bits per heavy atom. The number of hydrogen-bond acceptors (Lipinski definition) is 8. The summed E-state index contributed by atoms with van der Waals surface area (Å²) in [5.74, 6) is -0.0424. The van der Waals surface area contributed by atoms with E-state index in [4.69, 9.17) is 0 Å². The maximum atomic E-state index is 13.1. The fourth-order valence-electron chi connectivity index (χ4n) is 3.54. The van der Waals surface area contributed by atoms with Crippen LogP contribution in [0.5, 0.6) is 0 Å². The minimum atomic E-state index is -3.63. The van der Waals surface area contributed by atoms with Gasteiger partial charge in [-0.1, -0.05) is 18.2 Å². The quantitative estimate of drug-likeness (QED) is 0.523. The zero-order chi connectivity index (χ0) is 21.8. The van der Waals surface area contributed by atoms with Crippen molar-refractivity contribution < 1.29 is 13.2 Å². The SMILES string of the molecule is CSc1ccccc1NC(=O)CCN1CCN(S(=O)(=O)c2cccc3nsnc23)CC1. The minimum absolute atomic E-state index is 0.0424. The number of sulfonamides is 1. The number of amides is 1. The predicted octanol–water partition coefficient (Wildman–Crippen LogP) is 2.75. The number of benzene rings is 2. The van der Waals surface area contributed by atoms with Gasteiger partial charge in [0.1, 0.15) is 15.9 Å². The lowest BCUT2D eigenvalue weighted by molar-refractivity contribution is -0.116. The predicted molar refractivity (Wildman–Crippen MR) is 124 cm³/mol. The highest BCUT2D eigenvalue weighted by molar-refractivity contribution is 7.98. The first-order valence-electron chi connectivity index (χ1n) is 9.85. The van der Waals surface area contributed by atoms with Crippen molar-refractivity contribution in [2.45, 2.75) is 16.2 Å². The summed E-state index contributed by atoms with van der Waals surface area (Å²) in [6, 6.07) is 12.8. The van der Waals surface area contributed by atoms with Gasteiger partial charge in [0, 0.05) is 44.0 Å². The monoisotopic (exact) mass is 477 g/mol. The molecule has 8 nitrogen and oxygen atoms in total. The van der Waals surface area contributed by atoms with Crippen LogP contribution < -0.4 is 5.32 Å². The van der Waals surface area contributed by atoms with Crippen LogP contribution in [-0.2, 0) is 14.8 Å². The average Bonchev–Trinajstić information content (AvgIpc) is 3.27. The molecule has 0 atom stereocenters. The Labute approximate surface area is 190 Å². The number of thioether (sulfide) groups is 1.